The molecule has 0 aromatic heterocycles. The summed E-state index contributed by atoms with van der Waals surface area (Å²) in [6.07, 6.45) is 8.13. The minimum absolute atomic E-state index is 0.600. The van der Waals surface area contributed by atoms with Gasteiger partial charge in [-0.1, -0.05) is 60.8 Å². The van der Waals surface area contributed by atoms with Gasteiger partial charge in [-0.25, -0.2) is 0 Å². The largest absolute Gasteiger partial charge is 0.312 e. The fraction of sp³-hybridized carbons (Fsp3) is 1.00. The molecule has 2 heteroatoms. The van der Waals surface area contributed by atoms with E-state index in [4.69, 9.17) is 0 Å². The Hall–Kier alpha value is -0.0800. The Morgan fingerprint density at radius 2 is 1.60 bits per heavy atom. The van der Waals surface area contributed by atoms with Crippen LogP contribution in [0.15, 0.2) is 0 Å². The van der Waals surface area contributed by atoms with Crippen molar-refractivity contribution in [3.05, 3.63) is 0 Å². The van der Waals surface area contributed by atoms with Crippen molar-refractivity contribution in [2.24, 2.45) is 29.6 Å². The zero-order valence-corrected chi connectivity index (χ0v) is 18.6. The van der Waals surface area contributed by atoms with E-state index in [1.165, 1.54) is 45.1 Å². The molecule has 0 saturated carbocycles. The average Bonchev–Trinajstić information content (AvgIpc) is 2.78. The van der Waals surface area contributed by atoms with Gasteiger partial charge in [0, 0.05) is 18.1 Å². The van der Waals surface area contributed by atoms with E-state index in [1.807, 2.05) is 0 Å². The summed E-state index contributed by atoms with van der Waals surface area (Å²) in [4.78, 5) is 0. The highest BCUT2D eigenvalue weighted by Crippen LogP contribution is 2.34. The molecule has 1 saturated heterocycles. The van der Waals surface area contributed by atoms with E-state index < -0.39 is 0 Å². The first-order chi connectivity index (χ1) is 11.8. The molecule has 0 radical (unpaired) electrons. The van der Waals surface area contributed by atoms with Crippen LogP contribution in [0.2, 0.25) is 0 Å². The molecule has 1 heterocycles. The van der Waals surface area contributed by atoms with Crippen molar-refractivity contribution in [1.29, 1.82) is 0 Å². The van der Waals surface area contributed by atoms with Gasteiger partial charge in [0.2, 0.25) is 0 Å². The molecule has 0 spiro atoms. The number of nitrogens with one attached hydrogen (secondary N) is 2. The topological polar surface area (TPSA) is 24.1 Å². The van der Waals surface area contributed by atoms with E-state index in [2.05, 4.69) is 66.0 Å². The van der Waals surface area contributed by atoms with Crippen LogP contribution >= 0.6 is 0 Å². The SMILES string of the molecule is CCC(CC(C)C)C(C)CC1C(C)NC(C)C1NCCCCC(C)C. The molecular weight excluding hydrogens is 304 g/mol. The summed E-state index contributed by atoms with van der Waals surface area (Å²) in [5.74, 6) is 4.15. The van der Waals surface area contributed by atoms with E-state index in [-0.39, 0.29) is 0 Å². The smallest absolute Gasteiger partial charge is 0.0261 e. The number of hydrogen-bond donors (Lipinski definition) is 2. The van der Waals surface area contributed by atoms with E-state index >= 15 is 0 Å². The van der Waals surface area contributed by atoms with Crippen molar-refractivity contribution in [3.8, 4) is 0 Å². The first kappa shape index (κ1) is 23.0. The number of unbranched alkanes of at least 4 members (excludes halogenated alkanes) is 1. The summed E-state index contributed by atoms with van der Waals surface area (Å²) in [5.41, 5.74) is 0. The molecule has 6 unspecified atom stereocenters. The van der Waals surface area contributed by atoms with Crippen LogP contribution in [0.4, 0.5) is 0 Å². The second kappa shape index (κ2) is 11.6. The van der Waals surface area contributed by atoms with E-state index in [1.54, 1.807) is 0 Å². The highest BCUT2D eigenvalue weighted by Gasteiger charge is 2.39. The van der Waals surface area contributed by atoms with Crippen LogP contribution in [0.25, 0.3) is 0 Å². The summed E-state index contributed by atoms with van der Waals surface area (Å²) >= 11 is 0. The zero-order valence-electron chi connectivity index (χ0n) is 18.6. The second-order valence-corrected chi connectivity index (χ2v) is 9.79. The minimum atomic E-state index is 0.600. The van der Waals surface area contributed by atoms with Gasteiger partial charge < -0.3 is 10.6 Å². The molecule has 2 N–H and O–H groups in total. The molecule has 1 aliphatic heterocycles. The zero-order chi connectivity index (χ0) is 19.0. The standard InChI is InChI=1S/C23H48N2/c1-9-21(14-17(4)5)18(6)15-22-19(7)25-20(8)23(22)24-13-11-10-12-16(2)3/h16-25H,9-15H2,1-8H3. The molecule has 0 bridgehead atoms. The van der Waals surface area contributed by atoms with Gasteiger partial charge in [0.05, 0.1) is 0 Å². The normalized spacial score (nSPS) is 29.5. The third kappa shape index (κ3) is 7.99. The lowest BCUT2D eigenvalue weighted by Gasteiger charge is -2.31. The molecule has 1 rings (SSSR count). The molecule has 1 aliphatic rings. The molecule has 0 amide bonds. The lowest BCUT2D eigenvalue weighted by atomic mass is 9.77. The van der Waals surface area contributed by atoms with Crippen molar-refractivity contribution >= 4 is 0 Å². The van der Waals surface area contributed by atoms with E-state index in [0.29, 0.717) is 18.1 Å². The molecule has 150 valence electrons. The molecule has 0 aliphatic carbocycles. The molecule has 2 nitrogen and oxygen atoms in total. The molecule has 25 heavy (non-hydrogen) atoms. The van der Waals surface area contributed by atoms with Crippen molar-refractivity contribution in [1.82, 2.24) is 10.6 Å². The maximum Gasteiger partial charge on any atom is 0.0261 e. The average molecular weight is 353 g/mol. The van der Waals surface area contributed by atoms with Crippen molar-refractivity contribution < 1.29 is 0 Å². The maximum atomic E-state index is 3.93. The molecule has 1 fully saturated rings. The number of hydrogen-bond acceptors (Lipinski definition) is 2. The van der Waals surface area contributed by atoms with Gasteiger partial charge in [0.25, 0.3) is 0 Å². The van der Waals surface area contributed by atoms with Gasteiger partial charge >= 0.3 is 0 Å². The fourth-order valence-electron chi connectivity index (χ4n) is 4.98. The van der Waals surface area contributed by atoms with Gasteiger partial charge in [-0.3, -0.25) is 0 Å². The first-order valence-corrected chi connectivity index (χ1v) is 11.3. The maximum absolute atomic E-state index is 3.93. The van der Waals surface area contributed by atoms with Crippen LogP contribution in [0.1, 0.15) is 93.9 Å². The minimum Gasteiger partial charge on any atom is -0.312 e. The molecule has 0 aromatic rings. The Labute approximate surface area is 159 Å². The van der Waals surface area contributed by atoms with E-state index in [0.717, 1.165) is 29.6 Å². The lowest BCUT2D eigenvalue weighted by Crippen LogP contribution is -2.42. The third-order valence-electron chi connectivity index (χ3n) is 6.50. The van der Waals surface area contributed by atoms with E-state index in [9.17, 15) is 0 Å². The van der Waals surface area contributed by atoms with Crippen LogP contribution < -0.4 is 10.6 Å². The predicted molar refractivity (Wildman–Crippen MR) is 113 cm³/mol. The summed E-state index contributed by atoms with van der Waals surface area (Å²) < 4.78 is 0. The fourth-order valence-corrected chi connectivity index (χ4v) is 4.98. The first-order valence-electron chi connectivity index (χ1n) is 11.3. The Morgan fingerprint density at radius 1 is 0.920 bits per heavy atom. The Kier molecular flexibility index (Phi) is 10.6. The van der Waals surface area contributed by atoms with Gasteiger partial charge in [0.1, 0.15) is 0 Å². The van der Waals surface area contributed by atoms with Gasteiger partial charge in [-0.2, -0.15) is 0 Å². The lowest BCUT2D eigenvalue weighted by molar-refractivity contribution is 0.219. The third-order valence-corrected chi connectivity index (χ3v) is 6.50. The summed E-state index contributed by atoms with van der Waals surface area (Å²) in [6, 6.07) is 1.89. The summed E-state index contributed by atoms with van der Waals surface area (Å²) in [7, 11) is 0. The van der Waals surface area contributed by atoms with Crippen molar-refractivity contribution in [2.45, 2.75) is 112 Å². The van der Waals surface area contributed by atoms with Crippen LogP contribution in [-0.2, 0) is 0 Å². The van der Waals surface area contributed by atoms with Crippen LogP contribution in [0.5, 0.6) is 0 Å². The van der Waals surface area contributed by atoms with Crippen molar-refractivity contribution in [3.63, 3.8) is 0 Å². The molecular formula is C23H48N2. The second-order valence-electron chi connectivity index (χ2n) is 9.79. The van der Waals surface area contributed by atoms with Crippen LogP contribution in [-0.4, -0.2) is 24.7 Å². The Bertz CT molecular complexity index is 339. The quantitative estimate of drug-likeness (QED) is 0.429. The number of rotatable bonds is 12. The van der Waals surface area contributed by atoms with Crippen LogP contribution in [0, 0.1) is 29.6 Å². The van der Waals surface area contributed by atoms with Crippen LogP contribution in [0.3, 0.4) is 0 Å². The van der Waals surface area contributed by atoms with Crippen molar-refractivity contribution in [2.75, 3.05) is 6.54 Å². The highest BCUT2D eigenvalue weighted by molar-refractivity contribution is 4.99. The predicted octanol–water partition coefficient (Wildman–Crippen LogP) is 5.87. The van der Waals surface area contributed by atoms with Gasteiger partial charge in [-0.05, 0) is 69.2 Å². The monoisotopic (exact) mass is 352 g/mol. The van der Waals surface area contributed by atoms with Gasteiger partial charge in [0.15, 0.2) is 0 Å². The van der Waals surface area contributed by atoms with Gasteiger partial charge in [-0.15, -0.1) is 0 Å². The Morgan fingerprint density at radius 3 is 2.16 bits per heavy atom. The highest BCUT2D eigenvalue weighted by atomic mass is 15.1. The molecule has 0 aromatic carbocycles. The summed E-state index contributed by atoms with van der Waals surface area (Å²) in [5, 5.41) is 7.74. The molecule has 6 atom stereocenters. The Balaban J connectivity index is 2.52. The summed E-state index contributed by atoms with van der Waals surface area (Å²) in [6.45, 7) is 20.3.